The fourth-order valence-corrected chi connectivity index (χ4v) is 2.82. The molecule has 1 N–H and O–H groups in total. The second-order valence-electron chi connectivity index (χ2n) is 3.75. The number of aliphatic hydroxyl groups is 1. The monoisotopic (exact) mass is 252 g/mol. The lowest BCUT2D eigenvalue weighted by molar-refractivity contribution is 0.271. The Morgan fingerprint density at radius 1 is 1.12 bits per heavy atom. The molecular formula is C10H24N2O3S. The van der Waals surface area contributed by atoms with Gasteiger partial charge < -0.3 is 5.11 Å². The van der Waals surface area contributed by atoms with E-state index >= 15 is 0 Å². The zero-order valence-electron chi connectivity index (χ0n) is 10.5. The maximum Gasteiger partial charge on any atom is 0.281 e. The topological polar surface area (TPSA) is 60.9 Å². The third-order valence-electron chi connectivity index (χ3n) is 2.47. The third-order valence-corrected chi connectivity index (χ3v) is 4.53. The predicted octanol–water partition coefficient (Wildman–Crippen LogP) is 0.667. The normalized spacial score (nSPS) is 12.6. The van der Waals surface area contributed by atoms with Crippen LogP contribution in [0.4, 0.5) is 0 Å². The molecule has 0 saturated heterocycles. The minimum Gasteiger partial charge on any atom is -0.396 e. The highest BCUT2D eigenvalue weighted by Gasteiger charge is 2.24. The molecule has 0 radical (unpaired) electrons. The zero-order valence-corrected chi connectivity index (χ0v) is 11.3. The summed E-state index contributed by atoms with van der Waals surface area (Å²) >= 11 is 0. The van der Waals surface area contributed by atoms with Crippen LogP contribution in [0.5, 0.6) is 0 Å². The van der Waals surface area contributed by atoms with Crippen LogP contribution in [0, 0.1) is 0 Å². The Hall–Kier alpha value is -0.170. The first-order chi connectivity index (χ1) is 7.50. The molecule has 6 heteroatoms. The van der Waals surface area contributed by atoms with Crippen LogP contribution in [0.25, 0.3) is 0 Å². The van der Waals surface area contributed by atoms with E-state index in [0.717, 1.165) is 12.8 Å². The average molecular weight is 252 g/mol. The quantitative estimate of drug-likeness (QED) is 0.656. The van der Waals surface area contributed by atoms with Gasteiger partial charge in [-0.15, -0.1) is 0 Å². The summed E-state index contributed by atoms with van der Waals surface area (Å²) in [7, 11) is -1.78. The Bertz CT molecular complexity index is 267. The van der Waals surface area contributed by atoms with Gasteiger partial charge in [0.1, 0.15) is 0 Å². The Kier molecular flexibility index (Phi) is 7.91. The van der Waals surface area contributed by atoms with E-state index in [1.807, 2.05) is 13.8 Å². The van der Waals surface area contributed by atoms with E-state index in [1.54, 1.807) is 7.05 Å². The maximum atomic E-state index is 12.0. The molecule has 0 rings (SSSR count). The number of rotatable bonds is 9. The first-order valence-electron chi connectivity index (χ1n) is 5.82. The minimum absolute atomic E-state index is 0.0148. The number of hydrogen-bond donors (Lipinski definition) is 1. The SMILES string of the molecule is CCCCN(CC)S(=O)(=O)N(C)CCCO. The fraction of sp³-hybridized carbons (Fsp3) is 1.00. The lowest BCUT2D eigenvalue weighted by Gasteiger charge is -2.26. The Labute approximate surface area is 99.2 Å². The van der Waals surface area contributed by atoms with Gasteiger partial charge in [-0.1, -0.05) is 20.3 Å². The third kappa shape index (κ3) is 4.78. The minimum atomic E-state index is -3.34. The molecule has 5 nitrogen and oxygen atoms in total. The summed E-state index contributed by atoms with van der Waals surface area (Å²) in [6.45, 7) is 5.32. The van der Waals surface area contributed by atoms with Gasteiger partial charge in [0.2, 0.25) is 0 Å². The smallest absolute Gasteiger partial charge is 0.281 e. The van der Waals surface area contributed by atoms with Crippen molar-refractivity contribution in [3.63, 3.8) is 0 Å². The van der Waals surface area contributed by atoms with Gasteiger partial charge in [0.05, 0.1) is 0 Å². The van der Waals surface area contributed by atoms with E-state index in [0.29, 0.717) is 26.1 Å². The highest BCUT2D eigenvalue weighted by molar-refractivity contribution is 7.86. The van der Waals surface area contributed by atoms with E-state index in [9.17, 15) is 8.42 Å². The van der Waals surface area contributed by atoms with Crippen LogP contribution in [-0.4, -0.2) is 55.4 Å². The summed E-state index contributed by atoms with van der Waals surface area (Å²) < 4.78 is 26.9. The van der Waals surface area contributed by atoms with Gasteiger partial charge in [-0.2, -0.15) is 17.0 Å². The van der Waals surface area contributed by atoms with Crippen molar-refractivity contribution in [1.82, 2.24) is 8.61 Å². The van der Waals surface area contributed by atoms with E-state index in [1.165, 1.54) is 8.61 Å². The molecule has 0 heterocycles. The number of hydrogen-bond acceptors (Lipinski definition) is 3. The average Bonchev–Trinajstić information content (AvgIpc) is 2.26. The van der Waals surface area contributed by atoms with Crippen LogP contribution in [-0.2, 0) is 10.2 Å². The molecule has 0 aliphatic rings. The van der Waals surface area contributed by atoms with Crippen LogP contribution in [0.15, 0.2) is 0 Å². The van der Waals surface area contributed by atoms with Crippen molar-refractivity contribution in [3.05, 3.63) is 0 Å². The zero-order chi connectivity index (χ0) is 12.6. The highest BCUT2D eigenvalue weighted by Crippen LogP contribution is 2.08. The van der Waals surface area contributed by atoms with Gasteiger partial charge in [0.15, 0.2) is 0 Å². The van der Waals surface area contributed by atoms with Crippen LogP contribution in [0.2, 0.25) is 0 Å². The van der Waals surface area contributed by atoms with Crippen LogP contribution < -0.4 is 0 Å². The molecule has 0 amide bonds. The molecule has 0 saturated carbocycles. The molecule has 0 spiro atoms. The Morgan fingerprint density at radius 3 is 2.19 bits per heavy atom. The summed E-state index contributed by atoms with van der Waals surface area (Å²) in [6.07, 6.45) is 2.33. The molecule has 0 aromatic carbocycles. The Balaban J connectivity index is 4.46. The summed E-state index contributed by atoms with van der Waals surface area (Å²) in [6, 6.07) is 0. The van der Waals surface area contributed by atoms with Crippen molar-refractivity contribution in [2.24, 2.45) is 0 Å². The molecule has 0 aliphatic carbocycles. The van der Waals surface area contributed by atoms with Crippen molar-refractivity contribution < 1.29 is 13.5 Å². The molecule has 16 heavy (non-hydrogen) atoms. The number of nitrogens with zero attached hydrogens (tertiary/aromatic N) is 2. The van der Waals surface area contributed by atoms with E-state index < -0.39 is 10.2 Å². The summed E-state index contributed by atoms with van der Waals surface area (Å²) in [4.78, 5) is 0. The van der Waals surface area contributed by atoms with Crippen LogP contribution in [0.1, 0.15) is 33.1 Å². The highest BCUT2D eigenvalue weighted by atomic mass is 32.2. The second kappa shape index (κ2) is 8.00. The van der Waals surface area contributed by atoms with Gasteiger partial charge >= 0.3 is 0 Å². The standard InChI is InChI=1S/C10H24N2O3S/c1-4-6-9-12(5-2)16(14,15)11(3)8-7-10-13/h13H,4-10H2,1-3H3. The van der Waals surface area contributed by atoms with Gasteiger partial charge in [-0.25, -0.2) is 0 Å². The lowest BCUT2D eigenvalue weighted by atomic mass is 10.3. The van der Waals surface area contributed by atoms with Gasteiger partial charge in [-0.3, -0.25) is 0 Å². The maximum absolute atomic E-state index is 12.0. The molecule has 0 aromatic heterocycles. The summed E-state index contributed by atoms with van der Waals surface area (Å²) in [5.74, 6) is 0. The molecule has 0 bridgehead atoms. The van der Waals surface area contributed by atoms with E-state index in [2.05, 4.69) is 0 Å². The van der Waals surface area contributed by atoms with Gasteiger partial charge in [0, 0.05) is 33.3 Å². The summed E-state index contributed by atoms with van der Waals surface area (Å²) in [5.41, 5.74) is 0. The van der Waals surface area contributed by atoms with Gasteiger partial charge in [0.25, 0.3) is 10.2 Å². The molecule has 0 atom stereocenters. The van der Waals surface area contributed by atoms with Crippen molar-refractivity contribution >= 4 is 10.2 Å². The Morgan fingerprint density at radius 2 is 1.75 bits per heavy atom. The van der Waals surface area contributed by atoms with Crippen LogP contribution in [0.3, 0.4) is 0 Å². The number of aliphatic hydroxyl groups excluding tert-OH is 1. The van der Waals surface area contributed by atoms with Crippen molar-refractivity contribution in [2.45, 2.75) is 33.1 Å². The first kappa shape index (κ1) is 15.8. The lowest BCUT2D eigenvalue weighted by Crippen LogP contribution is -2.42. The molecular weight excluding hydrogens is 228 g/mol. The van der Waals surface area contributed by atoms with Gasteiger partial charge in [-0.05, 0) is 12.8 Å². The molecule has 0 aliphatic heterocycles. The van der Waals surface area contributed by atoms with E-state index in [-0.39, 0.29) is 6.61 Å². The van der Waals surface area contributed by atoms with Crippen molar-refractivity contribution in [3.8, 4) is 0 Å². The predicted molar refractivity (Wildman–Crippen MR) is 65.4 cm³/mol. The summed E-state index contributed by atoms with van der Waals surface area (Å²) in [5, 5.41) is 8.68. The number of unbranched alkanes of at least 4 members (excludes halogenated alkanes) is 1. The van der Waals surface area contributed by atoms with Crippen LogP contribution >= 0.6 is 0 Å². The first-order valence-corrected chi connectivity index (χ1v) is 7.22. The molecule has 0 fully saturated rings. The fourth-order valence-electron chi connectivity index (χ4n) is 1.38. The largest absolute Gasteiger partial charge is 0.396 e. The molecule has 0 unspecified atom stereocenters. The van der Waals surface area contributed by atoms with E-state index in [4.69, 9.17) is 5.11 Å². The van der Waals surface area contributed by atoms with Crippen molar-refractivity contribution in [2.75, 3.05) is 33.3 Å². The molecule has 98 valence electrons. The second-order valence-corrected chi connectivity index (χ2v) is 5.79. The molecule has 0 aromatic rings. The van der Waals surface area contributed by atoms with Crippen molar-refractivity contribution in [1.29, 1.82) is 0 Å².